The van der Waals surface area contributed by atoms with Gasteiger partial charge in [0.2, 0.25) is 5.91 Å². The Hall–Kier alpha value is -0.870. The Morgan fingerprint density at radius 2 is 1.95 bits per heavy atom. The predicted molar refractivity (Wildman–Crippen MR) is 82.5 cm³/mol. The molecule has 0 spiro atoms. The van der Waals surface area contributed by atoms with Gasteiger partial charge < -0.3 is 10.2 Å². The van der Waals surface area contributed by atoms with E-state index >= 15 is 0 Å². The molecule has 1 amide bonds. The summed E-state index contributed by atoms with van der Waals surface area (Å²) in [5.74, 6) is 0.678. The lowest BCUT2D eigenvalue weighted by Gasteiger charge is -2.23. The van der Waals surface area contributed by atoms with Crippen LogP contribution in [0.25, 0.3) is 0 Å². The minimum absolute atomic E-state index is 0.0813. The molecule has 1 rings (SSSR count). The minimum atomic E-state index is -0.0813. The van der Waals surface area contributed by atoms with E-state index in [0.29, 0.717) is 5.92 Å². The number of thiophene rings is 1. The molecule has 0 saturated carbocycles. The van der Waals surface area contributed by atoms with Crippen LogP contribution in [0.5, 0.6) is 0 Å². The lowest BCUT2D eigenvalue weighted by molar-refractivity contribution is -0.131. The van der Waals surface area contributed by atoms with Gasteiger partial charge in [0, 0.05) is 30.4 Å². The fraction of sp³-hybridized carbons (Fsp3) is 0.667. The maximum Gasteiger partial charge on any atom is 0.239 e. The third-order valence-electron chi connectivity index (χ3n) is 3.03. The first kappa shape index (κ1) is 16.2. The molecule has 0 saturated heterocycles. The van der Waals surface area contributed by atoms with Gasteiger partial charge in [-0.05, 0) is 30.9 Å². The van der Waals surface area contributed by atoms with Crippen LogP contribution in [-0.2, 0) is 17.8 Å². The molecule has 4 heteroatoms. The summed E-state index contributed by atoms with van der Waals surface area (Å²) in [5.41, 5.74) is 0. The van der Waals surface area contributed by atoms with Crippen LogP contribution < -0.4 is 5.32 Å². The maximum atomic E-state index is 12.1. The standard InChI is InChI=1S/C15H26N2OS/c1-6-12-7-8-13(19-12)10-16-14(9-11(2)3)15(18)17(4)5/h7-8,11,14,16H,6,9-10H2,1-5H3. The van der Waals surface area contributed by atoms with E-state index < -0.39 is 0 Å². The summed E-state index contributed by atoms with van der Waals surface area (Å²) in [6, 6.07) is 4.25. The van der Waals surface area contributed by atoms with Gasteiger partial charge in [-0.1, -0.05) is 20.8 Å². The zero-order chi connectivity index (χ0) is 14.4. The highest BCUT2D eigenvalue weighted by atomic mass is 32.1. The molecular weight excluding hydrogens is 256 g/mol. The third kappa shape index (κ3) is 5.33. The number of rotatable bonds is 7. The number of carbonyl (C=O) groups excluding carboxylic acids is 1. The number of likely N-dealkylation sites (N-methyl/N-ethyl adjacent to an activating group) is 1. The van der Waals surface area contributed by atoms with Crippen molar-refractivity contribution < 1.29 is 4.79 Å². The van der Waals surface area contributed by atoms with Crippen molar-refractivity contribution in [1.82, 2.24) is 10.2 Å². The van der Waals surface area contributed by atoms with Crippen LogP contribution in [-0.4, -0.2) is 30.9 Å². The molecule has 0 radical (unpaired) electrons. The maximum absolute atomic E-state index is 12.1. The second-order valence-corrected chi connectivity index (χ2v) is 6.77. The van der Waals surface area contributed by atoms with Crippen molar-refractivity contribution in [2.24, 2.45) is 5.92 Å². The Labute approximate surface area is 121 Å². The molecule has 0 aliphatic heterocycles. The van der Waals surface area contributed by atoms with Gasteiger partial charge in [0.15, 0.2) is 0 Å². The highest BCUT2D eigenvalue weighted by Gasteiger charge is 2.20. The van der Waals surface area contributed by atoms with Gasteiger partial charge in [0.25, 0.3) is 0 Å². The highest BCUT2D eigenvalue weighted by molar-refractivity contribution is 7.11. The first-order valence-electron chi connectivity index (χ1n) is 6.96. The van der Waals surface area contributed by atoms with E-state index in [2.05, 4.69) is 38.2 Å². The van der Waals surface area contributed by atoms with Crippen LogP contribution >= 0.6 is 11.3 Å². The smallest absolute Gasteiger partial charge is 0.239 e. The molecule has 0 bridgehead atoms. The van der Waals surface area contributed by atoms with Crippen LogP contribution in [0.1, 0.15) is 36.9 Å². The molecule has 1 aromatic heterocycles. The Morgan fingerprint density at radius 1 is 1.32 bits per heavy atom. The summed E-state index contributed by atoms with van der Waals surface area (Å²) in [6.45, 7) is 7.25. The van der Waals surface area contributed by atoms with Gasteiger partial charge in [0.05, 0.1) is 6.04 Å². The molecule has 3 nitrogen and oxygen atoms in total. The molecule has 1 heterocycles. The number of carbonyl (C=O) groups is 1. The molecule has 1 N–H and O–H groups in total. The van der Waals surface area contributed by atoms with E-state index in [1.54, 1.807) is 4.90 Å². The van der Waals surface area contributed by atoms with Crippen LogP contribution in [0.2, 0.25) is 0 Å². The van der Waals surface area contributed by atoms with Crippen LogP contribution in [0.3, 0.4) is 0 Å². The van der Waals surface area contributed by atoms with Crippen molar-refractivity contribution in [3.8, 4) is 0 Å². The SMILES string of the molecule is CCc1ccc(CNC(CC(C)C)C(=O)N(C)C)s1. The van der Waals surface area contributed by atoms with Crippen LogP contribution in [0.4, 0.5) is 0 Å². The quantitative estimate of drug-likeness (QED) is 0.834. The number of hydrogen-bond donors (Lipinski definition) is 1. The summed E-state index contributed by atoms with van der Waals surface area (Å²) >= 11 is 1.83. The van der Waals surface area contributed by atoms with Crippen molar-refractivity contribution in [3.05, 3.63) is 21.9 Å². The Kier molecular flexibility index (Phi) is 6.52. The van der Waals surface area contributed by atoms with E-state index in [4.69, 9.17) is 0 Å². The molecule has 1 aromatic rings. The zero-order valence-electron chi connectivity index (χ0n) is 12.7. The van der Waals surface area contributed by atoms with E-state index in [9.17, 15) is 4.79 Å². The van der Waals surface area contributed by atoms with E-state index in [1.165, 1.54) is 9.75 Å². The largest absolute Gasteiger partial charge is 0.347 e. The predicted octanol–water partition coefficient (Wildman–Crippen LogP) is 2.90. The summed E-state index contributed by atoms with van der Waals surface area (Å²) in [5, 5.41) is 3.41. The van der Waals surface area contributed by atoms with Gasteiger partial charge in [-0.2, -0.15) is 0 Å². The van der Waals surface area contributed by atoms with E-state index in [1.807, 2.05) is 25.4 Å². The Bertz CT molecular complexity index is 399. The average molecular weight is 282 g/mol. The van der Waals surface area contributed by atoms with Gasteiger partial charge in [0.1, 0.15) is 0 Å². The minimum Gasteiger partial charge on any atom is -0.347 e. The lowest BCUT2D eigenvalue weighted by atomic mass is 10.0. The first-order valence-corrected chi connectivity index (χ1v) is 7.77. The molecule has 0 aliphatic rings. The van der Waals surface area contributed by atoms with Gasteiger partial charge in [-0.15, -0.1) is 11.3 Å². The summed E-state index contributed by atoms with van der Waals surface area (Å²) in [7, 11) is 3.63. The number of aryl methyl sites for hydroxylation is 1. The molecule has 1 atom stereocenters. The lowest BCUT2D eigenvalue weighted by Crippen LogP contribution is -2.44. The number of nitrogens with one attached hydrogen (secondary N) is 1. The highest BCUT2D eigenvalue weighted by Crippen LogP contribution is 2.17. The van der Waals surface area contributed by atoms with E-state index in [-0.39, 0.29) is 11.9 Å². The fourth-order valence-electron chi connectivity index (χ4n) is 1.99. The average Bonchev–Trinajstić information content (AvgIpc) is 2.80. The molecule has 0 aliphatic carbocycles. The normalized spacial score (nSPS) is 12.7. The second-order valence-electron chi connectivity index (χ2n) is 5.52. The fourth-order valence-corrected chi connectivity index (χ4v) is 2.89. The second kappa shape index (κ2) is 7.65. The number of amides is 1. The monoisotopic (exact) mass is 282 g/mol. The van der Waals surface area contributed by atoms with Gasteiger partial charge in [-0.25, -0.2) is 0 Å². The molecule has 1 unspecified atom stereocenters. The van der Waals surface area contributed by atoms with E-state index in [0.717, 1.165) is 19.4 Å². The summed E-state index contributed by atoms with van der Waals surface area (Å²) < 4.78 is 0. The van der Waals surface area contributed by atoms with Crippen LogP contribution in [0.15, 0.2) is 12.1 Å². The number of hydrogen-bond acceptors (Lipinski definition) is 3. The topological polar surface area (TPSA) is 32.3 Å². The summed E-state index contributed by atoms with van der Waals surface area (Å²) in [4.78, 5) is 16.5. The molecule has 19 heavy (non-hydrogen) atoms. The van der Waals surface area contributed by atoms with Crippen molar-refractivity contribution in [3.63, 3.8) is 0 Å². The molecule has 108 valence electrons. The zero-order valence-corrected chi connectivity index (χ0v) is 13.5. The molecule has 0 aromatic carbocycles. The van der Waals surface area contributed by atoms with Crippen LogP contribution in [0, 0.1) is 5.92 Å². The van der Waals surface area contributed by atoms with Crippen molar-refractivity contribution >= 4 is 17.2 Å². The Morgan fingerprint density at radius 3 is 2.42 bits per heavy atom. The summed E-state index contributed by atoms with van der Waals surface area (Å²) in [6.07, 6.45) is 1.96. The Balaban J connectivity index is 2.59. The third-order valence-corrected chi connectivity index (χ3v) is 4.26. The van der Waals surface area contributed by atoms with Gasteiger partial charge in [-0.3, -0.25) is 4.79 Å². The van der Waals surface area contributed by atoms with Crippen molar-refractivity contribution in [2.45, 2.75) is 46.2 Å². The van der Waals surface area contributed by atoms with Crippen molar-refractivity contribution in [1.29, 1.82) is 0 Å². The molecular formula is C15H26N2OS. The number of nitrogens with zero attached hydrogens (tertiary/aromatic N) is 1. The van der Waals surface area contributed by atoms with Crippen molar-refractivity contribution in [2.75, 3.05) is 14.1 Å². The molecule has 0 fully saturated rings. The first-order chi connectivity index (χ1) is 8.93. The van der Waals surface area contributed by atoms with Gasteiger partial charge >= 0.3 is 0 Å².